The van der Waals surface area contributed by atoms with Gasteiger partial charge in [-0.1, -0.05) is 12.1 Å². The van der Waals surface area contributed by atoms with E-state index in [-0.39, 0.29) is 24.2 Å². The molecule has 3 rings (SSSR count). The molecule has 1 saturated heterocycles. The van der Waals surface area contributed by atoms with Crippen molar-refractivity contribution in [3.05, 3.63) is 35.6 Å². The molecule has 1 aliphatic heterocycles. The maximum atomic E-state index is 13.3. The average molecular weight is 334 g/mol. The summed E-state index contributed by atoms with van der Waals surface area (Å²) in [4.78, 5) is 16.8. The van der Waals surface area contributed by atoms with Gasteiger partial charge >= 0.3 is 0 Å². The molecule has 1 aromatic rings. The molecule has 0 unspecified atom stereocenters. The van der Waals surface area contributed by atoms with Crippen molar-refractivity contribution < 1.29 is 13.9 Å². The standard InChI is InChI=1S/C19H27FN2O2/c1-21(2)17-9-14-11-22(12-15(14)10-18(17)24-3)19(23)8-13-5-4-6-16(20)7-13/h4-7,14-15,17-18H,8-12H2,1-3H3/t14-,15+,17-,18-/m1/s1. The van der Waals surface area contributed by atoms with E-state index in [0.29, 0.717) is 17.9 Å². The highest BCUT2D eigenvalue weighted by Crippen LogP contribution is 2.38. The van der Waals surface area contributed by atoms with Gasteiger partial charge in [-0.05, 0) is 56.5 Å². The fraction of sp³-hybridized carbons (Fsp3) is 0.632. The molecule has 1 heterocycles. The molecule has 4 nitrogen and oxygen atoms in total. The Morgan fingerprint density at radius 2 is 2.00 bits per heavy atom. The third-order valence-corrected chi connectivity index (χ3v) is 5.65. The smallest absolute Gasteiger partial charge is 0.227 e. The van der Waals surface area contributed by atoms with E-state index in [1.54, 1.807) is 13.2 Å². The highest BCUT2D eigenvalue weighted by atomic mass is 19.1. The topological polar surface area (TPSA) is 32.8 Å². The largest absolute Gasteiger partial charge is 0.380 e. The monoisotopic (exact) mass is 334 g/mol. The van der Waals surface area contributed by atoms with Crippen LogP contribution in [0.2, 0.25) is 0 Å². The van der Waals surface area contributed by atoms with Gasteiger partial charge in [-0.3, -0.25) is 4.79 Å². The lowest BCUT2D eigenvalue weighted by molar-refractivity contribution is -0.129. The van der Waals surface area contributed by atoms with Gasteiger partial charge in [0.25, 0.3) is 0 Å². The normalized spacial score (nSPS) is 29.8. The summed E-state index contributed by atoms with van der Waals surface area (Å²) in [5, 5.41) is 0. The molecule has 0 N–H and O–H groups in total. The summed E-state index contributed by atoms with van der Waals surface area (Å²) in [7, 11) is 5.97. The minimum atomic E-state index is -0.285. The van der Waals surface area contributed by atoms with E-state index in [0.717, 1.165) is 31.5 Å². The van der Waals surface area contributed by atoms with Gasteiger partial charge in [0.2, 0.25) is 5.91 Å². The molecule has 1 saturated carbocycles. The highest BCUT2D eigenvalue weighted by molar-refractivity contribution is 5.79. The molecular weight excluding hydrogens is 307 g/mol. The summed E-state index contributed by atoms with van der Waals surface area (Å²) < 4.78 is 19.0. The summed E-state index contributed by atoms with van der Waals surface area (Å²) >= 11 is 0. The lowest BCUT2D eigenvalue weighted by atomic mass is 9.77. The van der Waals surface area contributed by atoms with Crippen molar-refractivity contribution in [1.29, 1.82) is 0 Å². The summed E-state index contributed by atoms with van der Waals surface area (Å²) in [6.07, 6.45) is 2.59. The number of nitrogens with zero attached hydrogens (tertiary/aromatic N) is 2. The molecule has 2 fully saturated rings. The fourth-order valence-corrected chi connectivity index (χ4v) is 4.32. The van der Waals surface area contributed by atoms with E-state index in [2.05, 4.69) is 19.0 Å². The van der Waals surface area contributed by atoms with E-state index in [1.807, 2.05) is 11.0 Å². The summed E-state index contributed by atoms with van der Waals surface area (Å²) in [5.41, 5.74) is 0.746. The Morgan fingerprint density at radius 3 is 2.62 bits per heavy atom. The molecule has 132 valence electrons. The molecule has 0 bridgehead atoms. The predicted molar refractivity (Wildman–Crippen MR) is 91.2 cm³/mol. The number of likely N-dealkylation sites (N-methyl/N-ethyl adjacent to an activating group) is 1. The van der Waals surface area contributed by atoms with Gasteiger partial charge in [-0.25, -0.2) is 4.39 Å². The minimum Gasteiger partial charge on any atom is -0.380 e. The Bertz CT molecular complexity index is 592. The van der Waals surface area contributed by atoms with E-state index >= 15 is 0 Å². The van der Waals surface area contributed by atoms with Crippen LogP contribution >= 0.6 is 0 Å². The van der Waals surface area contributed by atoms with Crippen LogP contribution in [0, 0.1) is 17.7 Å². The molecule has 0 radical (unpaired) electrons. The zero-order valence-corrected chi connectivity index (χ0v) is 14.7. The molecule has 1 amide bonds. The predicted octanol–water partition coefficient (Wildman–Crippen LogP) is 2.18. The first-order valence-electron chi connectivity index (χ1n) is 8.69. The Morgan fingerprint density at radius 1 is 1.29 bits per heavy atom. The minimum absolute atomic E-state index is 0.102. The maximum Gasteiger partial charge on any atom is 0.227 e. The van der Waals surface area contributed by atoms with Gasteiger partial charge in [-0.2, -0.15) is 0 Å². The van der Waals surface area contributed by atoms with E-state index in [9.17, 15) is 9.18 Å². The van der Waals surface area contributed by atoms with Crippen molar-refractivity contribution in [2.45, 2.75) is 31.4 Å². The summed E-state index contributed by atoms with van der Waals surface area (Å²) in [6.45, 7) is 1.62. The number of likely N-dealkylation sites (tertiary alicyclic amines) is 1. The van der Waals surface area contributed by atoms with E-state index in [4.69, 9.17) is 4.74 Å². The van der Waals surface area contributed by atoms with Crippen molar-refractivity contribution in [2.75, 3.05) is 34.3 Å². The molecule has 1 aromatic carbocycles. The van der Waals surface area contributed by atoms with Crippen LogP contribution < -0.4 is 0 Å². The van der Waals surface area contributed by atoms with Crippen molar-refractivity contribution in [1.82, 2.24) is 9.80 Å². The lowest BCUT2D eigenvalue weighted by Gasteiger charge is -2.40. The van der Waals surface area contributed by atoms with E-state index in [1.165, 1.54) is 12.1 Å². The van der Waals surface area contributed by atoms with Gasteiger partial charge in [0.15, 0.2) is 0 Å². The number of rotatable bonds is 4. The van der Waals surface area contributed by atoms with Crippen LogP contribution in [-0.4, -0.2) is 62.1 Å². The number of carbonyl (C=O) groups is 1. The van der Waals surface area contributed by atoms with Gasteiger partial charge in [0.1, 0.15) is 5.82 Å². The number of methoxy groups -OCH3 is 1. The van der Waals surface area contributed by atoms with Gasteiger partial charge in [0.05, 0.1) is 12.5 Å². The Balaban J connectivity index is 1.63. The maximum absolute atomic E-state index is 13.3. The summed E-state index contributed by atoms with van der Waals surface area (Å²) in [6, 6.07) is 6.74. The average Bonchev–Trinajstić information content (AvgIpc) is 2.96. The third kappa shape index (κ3) is 3.62. The molecule has 1 aliphatic carbocycles. The summed E-state index contributed by atoms with van der Waals surface area (Å²) in [5.74, 6) is 0.875. The van der Waals surface area contributed by atoms with Gasteiger partial charge in [0, 0.05) is 26.2 Å². The van der Waals surface area contributed by atoms with E-state index < -0.39 is 0 Å². The van der Waals surface area contributed by atoms with Crippen LogP contribution in [0.25, 0.3) is 0 Å². The SMILES string of the molecule is CO[C@@H]1C[C@H]2CN(C(=O)Cc3cccc(F)c3)C[C@H]2C[C@H]1N(C)C. The molecule has 0 spiro atoms. The first-order valence-corrected chi connectivity index (χ1v) is 8.69. The second-order valence-electron chi connectivity index (χ2n) is 7.40. The fourth-order valence-electron chi connectivity index (χ4n) is 4.32. The van der Waals surface area contributed by atoms with Gasteiger partial charge in [-0.15, -0.1) is 0 Å². The molecule has 2 aliphatic rings. The van der Waals surface area contributed by atoms with Crippen LogP contribution in [-0.2, 0) is 16.0 Å². The quantitative estimate of drug-likeness (QED) is 0.846. The zero-order valence-electron chi connectivity index (χ0n) is 14.7. The first-order chi connectivity index (χ1) is 11.5. The third-order valence-electron chi connectivity index (χ3n) is 5.65. The molecule has 0 aromatic heterocycles. The number of halogens is 1. The molecule has 24 heavy (non-hydrogen) atoms. The Hall–Kier alpha value is -1.46. The van der Waals surface area contributed by atoms with Crippen molar-refractivity contribution in [3.8, 4) is 0 Å². The number of amides is 1. The Labute approximate surface area is 143 Å². The van der Waals surface area contributed by atoms with Crippen molar-refractivity contribution >= 4 is 5.91 Å². The number of ether oxygens (including phenoxy) is 1. The number of hydrogen-bond acceptors (Lipinski definition) is 3. The molecule has 5 heteroatoms. The number of carbonyl (C=O) groups excluding carboxylic acids is 1. The van der Waals surface area contributed by atoms with Crippen LogP contribution in [0.3, 0.4) is 0 Å². The Kier molecular flexibility index (Phi) is 5.21. The second kappa shape index (κ2) is 7.19. The first kappa shape index (κ1) is 17.4. The zero-order chi connectivity index (χ0) is 17.3. The van der Waals surface area contributed by atoms with Crippen LogP contribution in [0.4, 0.5) is 4.39 Å². The number of fused-ring (bicyclic) bond motifs is 1. The molecule has 4 atom stereocenters. The highest BCUT2D eigenvalue weighted by Gasteiger charge is 2.44. The van der Waals surface area contributed by atoms with Crippen LogP contribution in [0.5, 0.6) is 0 Å². The second-order valence-corrected chi connectivity index (χ2v) is 7.40. The van der Waals surface area contributed by atoms with Crippen molar-refractivity contribution in [2.24, 2.45) is 11.8 Å². The number of benzene rings is 1. The van der Waals surface area contributed by atoms with Crippen LogP contribution in [0.15, 0.2) is 24.3 Å². The molecular formula is C19H27FN2O2. The van der Waals surface area contributed by atoms with Crippen molar-refractivity contribution in [3.63, 3.8) is 0 Å². The van der Waals surface area contributed by atoms with Crippen LogP contribution in [0.1, 0.15) is 18.4 Å². The lowest BCUT2D eigenvalue weighted by Crippen LogP contribution is -2.47. The van der Waals surface area contributed by atoms with Gasteiger partial charge < -0.3 is 14.5 Å². The number of hydrogen-bond donors (Lipinski definition) is 0.